The molecule has 2 heterocycles. The summed E-state index contributed by atoms with van der Waals surface area (Å²) in [5, 5.41) is 4.08. The molecule has 4 nitrogen and oxygen atoms in total. The van der Waals surface area contributed by atoms with Gasteiger partial charge in [0.1, 0.15) is 11.2 Å². The van der Waals surface area contributed by atoms with Crippen molar-refractivity contribution in [3.8, 4) is 67.5 Å². The molecule has 0 aliphatic heterocycles. The summed E-state index contributed by atoms with van der Waals surface area (Å²) in [6.45, 7) is 0. The molecule has 0 saturated carbocycles. The van der Waals surface area contributed by atoms with E-state index >= 15 is 0 Å². The zero-order chi connectivity index (χ0) is 35.1. The Labute approximate surface area is 306 Å². The Bertz CT molecular complexity index is 2810. The Balaban J connectivity index is 1.22. The largest absolute Gasteiger partial charge is 0.455 e. The van der Waals surface area contributed by atoms with E-state index in [1.165, 1.54) is 11.1 Å². The fourth-order valence-corrected chi connectivity index (χ4v) is 7.34. The minimum Gasteiger partial charge on any atom is -0.455 e. The molecular weight excluding hydrogens is 647 g/mol. The van der Waals surface area contributed by atoms with Crippen molar-refractivity contribution in [3.63, 3.8) is 0 Å². The normalized spacial score (nSPS) is 11.4. The van der Waals surface area contributed by atoms with E-state index in [4.69, 9.17) is 19.4 Å². The standard InChI is InChI=1S/C49H31N3O/c1-5-16-32(17-6-1)36-28-37(33-18-7-2-8-19-33)30-38(29-36)39-26-15-27-42-43-31-44(40-24-13-14-25-41(40)46(43)53-45(39)42)49-51-47(34-20-9-3-10-21-34)50-48(52-49)35-22-11-4-12-23-35/h1-31H. The maximum atomic E-state index is 6.97. The highest BCUT2D eigenvalue weighted by Gasteiger charge is 2.21. The molecule has 248 valence electrons. The molecule has 0 fully saturated rings. The second-order valence-corrected chi connectivity index (χ2v) is 13.2. The van der Waals surface area contributed by atoms with Gasteiger partial charge in [-0.1, -0.05) is 164 Å². The molecule has 0 radical (unpaired) electrons. The first kappa shape index (κ1) is 30.6. The van der Waals surface area contributed by atoms with Gasteiger partial charge in [-0.3, -0.25) is 0 Å². The molecule has 8 aromatic carbocycles. The van der Waals surface area contributed by atoms with Crippen LogP contribution in [0.15, 0.2) is 192 Å². The van der Waals surface area contributed by atoms with Crippen LogP contribution in [0.4, 0.5) is 0 Å². The molecular formula is C49H31N3O. The van der Waals surface area contributed by atoms with E-state index in [0.717, 1.165) is 71.7 Å². The molecule has 0 unspecified atom stereocenters. The zero-order valence-corrected chi connectivity index (χ0v) is 28.6. The van der Waals surface area contributed by atoms with E-state index in [0.29, 0.717) is 17.5 Å². The third kappa shape index (κ3) is 5.54. The maximum Gasteiger partial charge on any atom is 0.164 e. The summed E-state index contributed by atoms with van der Waals surface area (Å²) < 4.78 is 6.97. The summed E-state index contributed by atoms with van der Waals surface area (Å²) in [4.78, 5) is 15.2. The Morgan fingerprint density at radius 2 is 0.698 bits per heavy atom. The highest BCUT2D eigenvalue weighted by molar-refractivity contribution is 6.20. The van der Waals surface area contributed by atoms with Crippen LogP contribution in [-0.2, 0) is 0 Å². The molecule has 0 spiro atoms. The average Bonchev–Trinajstić information content (AvgIpc) is 3.63. The molecule has 0 N–H and O–H groups in total. The van der Waals surface area contributed by atoms with Gasteiger partial charge in [0.2, 0.25) is 0 Å². The van der Waals surface area contributed by atoms with Gasteiger partial charge in [-0.2, -0.15) is 0 Å². The van der Waals surface area contributed by atoms with Crippen LogP contribution < -0.4 is 0 Å². The number of furan rings is 1. The molecule has 10 aromatic rings. The fraction of sp³-hybridized carbons (Fsp3) is 0. The van der Waals surface area contributed by atoms with Crippen LogP contribution in [0.1, 0.15) is 0 Å². The number of hydrogen-bond acceptors (Lipinski definition) is 4. The monoisotopic (exact) mass is 677 g/mol. The minimum atomic E-state index is 0.615. The smallest absolute Gasteiger partial charge is 0.164 e. The Hall–Kier alpha value is -7.17. The zero-order valence-electron chi connectivity index (χ0n) is 28.6. The van der Waals surface area contributed by atoms with E-state index in [9.17, 15) is 0 Å². The van der Waals surface area contributed by atoms with Crippen LogP contribution in [0.2, 0.25) is 0 Å². The number of hydrogen-bond donors (Lipinski definition) is 0. The molecule has 0 bridgehead atoms. The van der Waals surface area contributed by atoms with Crippen LogP contribution in [0.25, 0.3) is 100 Å². The van der Waals surface area contributed by atoms with E-state index in [1.807, 2.05) is 60.7 Å². The molecule has 0 amide bonds. The number of aromatic nitrogens is 3. The maximum absolute atomic E-state index is 6.97. The third-order valence-corrected chi connectivity index (χ3v) is 9.90. The first-order chi connectivity index (χ1) is 26.3. The predicted molar refractivity (Wildman–Crippen MR) is 217 cm³/mol. The first-order valence-electron chi connectivity index (χ1n) is 17.8. The Morgan fingerprint density at radius 3 is 1.26 bits per heavy atom. The molecule has 10 rings (SSSR count). The van der Waals surface area contributed by atoms with Crippen molar-refractivity contribution in [2.45, 2.75) is 0 Å². The van der Waals surface area contributed by atoms with Crippen LogP contribution in [-0.4, -0.2) is 15.0 Å². The molecule has 0 saturated heterocycles. The number of nitrogens with zero attached hydrogens (tertiary/aromatic N) is 3. The topological polar surface area (TPSA) is 51.8 Å². The summed E-state index contributed by atoms with van der Waals surface area (Å²) in [6, 6.07) is 65.2. The molecule has 2 aromatic heterocycles. The first-order valence-corrected chi connectivity index (χ1v) is 17.8. The second-order valence-electron chi connectivity index (χ2n) is 13.2. The quantitative estimate of drug-likeness (QED) is 0.176. The SMILES string of the molecule is c1ccc(-c2cc(-c3ccccc3)cc(-c3cccc4c3oc3c5ccccc5c(-c5nc(-c6ccccc6)nc(-c6ccccc6)n5)cc43)c2)cc1. The highest BCUT2D eigenvalue weighted by atomic mass is 16.3. The van der Waals surface area contributed by atoms with Crippen molar-refractivity contribution in [3.05, 3.63) is 188 Å². The van der Waals surface area contributed by atoms with Crippen LogP contribution in [0.5, 0.6) is 0 Å². The van der Waals surface area contributed by atoms with Crippen LogP contribution in [0.3, 0.4) is 0 Å². The van der Waals surface area contributed by atoms with Gasteiger partial charge < -0.3 is 4.42 Å². The molecule has 53 heavy (non-hydrogen) atoms. The summed E-state index contributed by atoms with van der Waals surface area (Å²) in [6.07, 6.45) is 0. The lowest BCUT2D eigenvalue weighted by Gasteiger charge is -2.11. The lowest BCUT2D eigenvalue weighted by molar-refractivity contribution is 0.674. The molecule has 4 heteroatoms. The van der Waals surface area contributed by atoms with Crippen molar-refractivity contribution in [1.29, 1.82) is 0 Å². The highest BCUT2D eigenvalue weighted by Crippen LogP contribution is 2.43. The lowest BCUT2D eigenvalue weighted by atomic mass is 9.92. The summed E-state index contributed by atoms with van der Waals surface area (Å²) >= 11 is 0. The van der Waals surface area contributed by atoms with Gasteiger partial charge in [0.25, 0.3) is 0 Å². The summed E-state index contributed by atoms with van der Waals surface area (Å²) in [5.74, 6) is 1.88. The third-order valence-electron chi connectivity index (χ3n) is 9.90. The van der Waals surface area contributed by atoms with Gasteiger partial charge in [-0.05, 0) is 57.5 Å². The summed E-state index contributed by atoms with van der Waals surface area (Å²) in [5.41, 5.74) is 11.3. The van der Waals surface area contributed by atoms with Gasteiger partial charge in [0, 0.05) is 38.4 Å². The van der Waals surface area contributed by atoms with E-state index in [-0.39, 0.29) is 0 Å². The lowest BCUT2D eigenvalue weighted by Crippen LogP contribution is -2.00. The number of benzene rings is 8. The van der Waals surface area contributed by atoms with Gasteiger partial charge in [0.05, 0.1) is 0 Å². The molecule has 0 atom stereocenters. The Morgan fingerprint density at radius 1 is 0.264 bits per heavy atom. The molecule has 0 aliphatic carbocycles. The average molecular weight is 678 g/mol. The van der Waals surface area contributed by atoms with E-state index < -0.39 is 0 Å². The summed E-state index contributed by atoms with van der Waals surface area (Å²) in [7, 11) is 0. The van der Waals surface area contributed by atoms with Crippen molar-refractivity contribution in [2.75, 3.05) is 0 Å². The van der Waals surface area contributed by atoms with Gasteiger partial charge in [-0.25, -0.2) is 15.0 Å². The second kappa shape index (κ2) is 12.9. The number of rotatable bonds is 6. The van der Waals surface area contributed by atoms with Crippen molar-refractivity contribution < 1.29 is 4.42 Å². The fourth-order valence-electron chi connectivity index (χ4n) is 7.34. The van der Waals surface area contributed by atoms with Crippen molar-refractivity contribution >= 4 is 32.7 Å². The van der Waals surface area contributed by atoms with Crippen LogP contribution >= 0.6 is 0 Å². The predicted octanol–water partition coefficient (Wildman–Crippen LogP) is 12.9. The van der Waals surface area contributed by atoms with E-state index in [1.54, 1.807) is 0 Å². The van der Waals surface area contributed by atoms with Gasteiger partial charge in [-0.15, -0.1) is 0 Å². The van der Waals surface area contributed by atoms with Crippen molar-refractivity contribution in [2.24, 2.45) is 0 Å². The van der Waals surface area contributed by atoms with Crippen molar-refractivity contribution in [1.82, 2.24) is 15.0 Å². The molecule has 0 aliphatic rings. The minimum absolute atomic E-state index is 0.615. The van der Waals surface area contributed by atoms with Crippen LogP contribution in [0, 0.1) is 0 Å². The number of para-hydroxylation sites is 1. The van der Waals surface area contributed by atoms with Gasteiger partial charge >= 0.3 is 0 Å². The van der Waals surface area contributed by atoms with E-state index in [2.05, 4.69) is 127 Å². The van der Waals surface area contributed by atoms with Gasteiger partial charge in [0.15, 0.2) is 17.5 Å². The number of fused-ring (bicyclic) bond motifs is 5. The Kier molecular flexibility index (Phi) is 7.43.